The fraction of sp³-hybridized carbons (Fsp3) is 0.625. The van der Waals surface area contributed by atoms with Crippen LogP contribution in [0.2, 0.25) is 0 Å². The molecular weight excluding hydrogens is 146 g/mol. The number of alkyl halides is 1. The highest BCUT2D eigenvalue weighted by atomic mass is 35.5. The van der Waals surface area contributed by atoms with Crippen LogP contribution in [0.5, 0.6) is 0 Å². The Hall–Kier alpha value is -0.480. The Morgan fingerprint density at radius 2 is 2.10 bits per heavy atom. The van der Waals surface area contributed by atoms with E-state index in [1.807, 2.05) is 0 Å². The third kappa shape index (κ3) is 0.630. The SMILES string of the molecule is N#CC1C2C=CC(C2)C1Cl. The molecule has 0 saturated heterocycles. The number of nitrogens with zero attached hydrogens (tertiary/aromatic N) is 1. The lowest BCUT2D eigenvalue weighted by Crippen LogP contribution is -2.17. The third-order valence-electron chi connectivity index (χ3n) is 2.51. The highest BCUT2D eigenvalue weighted by Gasteiger charge is 2.43. The van der Waals surface area contributed by atoms with Gasteiger partial charge in [-0.25, -0.2) is 0 Å². The van der Waals surface area contributed by atoms with Crippen molar-refractivity contribution in [2.45, 2.75) is 11.8 Å². The van der Waals surface area contributed by atoms with Crippen LogP contribution in [-0.2, 0) is 0 Å². The molecule has 0 aliphatic heterocycles. The maximum atomic E-state index is 8.69. The van der Waals surface area contributed by atoms with E-state index in [-0.39, 0.29) is 11.3 Å². The zero-order valence-electron chi connectivity index (χ0n) is 5.50. The van der Waals surface area contributed by atoms with Crippen LogP contribution in [0.3, 0.4) is 0 Å². The zero-order valence-corrected chi connectivity index (χ0v) is 6.25. The fourth-order valence-corrected chi connectivity index (χ4v) is 2.36. The van der Waals surface area contributed by atoms with Crippen molar-refractivity contribution in [3.63, 3.8) is 0 Å². The summed E-state index contributed by atoms with van der Waals surface area (Å²) in [5, 5.41) is 8.77. The molecule has 0 heterocycles. The minimum Gasteiger partial charge on any atom is -0.198 e. The smallest absolute Gasteiger partial charge is 0.0695 e. The number of nitriles is 1. The van der Waals surface area contributed by atoms with Gasteiger partial charge in [-0.15, -0.1) is 11.6 Å². The normalized spacial score (nSPS) is 49.6. The number of allylic oxidation sites excluding steroid dienone is 2. The molecular formula is C8H8ClN. The largest absolute Gasteiger partial charge is 0.198 e. The molecule has 2 aliphatic rings. The summed E-state index contributed by atoms with van der Waals surface area (Å²) in [6.07, 6.45) is 5.39. The highest BCUT2D eigenvalue weighted by Crippen LogP contribution is 2.45. The monoisotopic (exact) mass is 153 g/mol. The van der Waals surface area contributed by atoms with Gasteiger partial charge in [0.1, 0.15) is 0 Å². The van der Waals surface area contributed by atoms with Gasteiger partial charge in [-0.2, -0.15) is 5.26 Å². The van der Waals surface area contributed by atoms with Gasteiger partial charge >= 0.3 is 0 Å². The van der Waals surface area contributed by atoms with Crippen LogP contribution >= 0.6 is 11.6 Å². The maximum Gasteiger partial charge on any atom is 0.0695 e. The summed E-state index contributed by atoms with van der Waals surface area (Å²) in [7, 11) is 0. The zero-order chi connectivity index (χ0) is 7.14. The topological polar surface area (TPSA) is 23.8 Å². The Kier molecular flexibility index (Phi) is 1.25. The predicted octanol–water partition coefficient (Wildman–Crippen LogP) is 1.94. The molecule has 0 spiro atoms. The summed E-state index contributed by atoms with van der Waals surface area (Å²) in [5.41, 5.74) is 0. The molecule has 2 heteroatoms. The van der Waals surface area contributed by atoms with Gasteiger partial charge in [0, 0.05) is 0 Å². The van der Waals surface area contributed by atoms with E-state index in [0.29, 0.717) is 11.8 Å². The minimum absolute atomic E-state index is 0.0802. The van der Waals surface area contributed by atoms with Gasteiger partial charge in [0.15, 0.2) is 0 Å². The summed E-state index contributed by atoms with van der Waals surface area (Å²) in [4.78, 5) is 0. The molecule has 2 rings (SSSR count). The lowest BCUT2D eigenvalue weighted by Gasteiger charge is -2.14. The fourth-order valence-electron chi connectivity index (χ4n) is 1.93. The van der Waals surface area contributed by atoms with Crippen molar-refractivity contribution >= 4 is 11.6 Å². The summed E-state index contributed by atoms with van der Waals surface area (Å²) < 4.78 is 0. The van der Waals surface area contributed by atoms with Crippen LogP contribution in [0, 0.1) is 29.1 Å². The molecule has 2 bridgehead atoms. The summed E-state index contributed by atoms with van der Waals surface area (Å²) in [6, 6.07) is 2.26. The molecule has 52 valence electrons. The van der Waals surface area contributed by atoms with Crippen LogP contribution in [0.15, 0.2) is 12.2 Å². The Morgan fingerprint density at radius 1 is 1.40 bits per heavy atom. The van der Waals surface area contributed by atoms with Crippen LogP contribution in [0.4, 0.5) is 0 Å². The Labute approximate surface area is 65.3 Å². The first-order valence-electron chi connectivity index (χ1n) is 3.55. The average Bonchev–Trinajstić information content (AvgIpc) is 2.46. The van der Waals surface area contributed by atoms with E-state index in [9.17, 15) is 0 Å². The second-order valence-electron chi connectivity index (χ2n) is 3.05. The van der Waals surface area contributed by atoms with Crippen LogP contribution in [0.1, 0.15) is 6.42 Å². The standard InChI is InChI=1S/C8H8ClN/c9-8-6-2-1-5(3-6)7(8)4-10/h1-2,5-8H,3H2. The van der Waals surface area contributed by atoms with Crippen molar-refractivity contribution in [3.8, 4) is 6.07 Å². The Bertz CT molecular complexity index is 216. The first-order chi connectivity index (χ1) is 4.83. The molecule has 10 heavy (non-hydrogen) atoms. The van der Waals surface area contributed by atoms with Crippen molar-refractivity contribution in [2.24, 2.45) is 17.8 Å². The van der Waals surface area contributed by atoms with E-state index in [1.165, 1.54) is 0 Å². The number of halogens is 1. The lowest BCUT2D eigenvalue weighted by molar-refractivity contribution is 0.569. The molecule has 0 N–H and O–H groups in total. The molecule has 0 aromatic heterocycles. The second kappa shape index (κ2) is 2.00. The molecule has 1 nitrogen and oxygen atoms in total. The molecule has 0 radical (unpaired) electrons. The molecule has 0 amide bonds. The summed E-state index contributed by atoms with van der Waals surface area (Å²) >= 11 is 6.00. The number of hydrogen-bond donors (Lipinski definition) is 0. The predicted molar refractivity (Wildman–Crippen MR) is 39.5 cm³/mol. The van der Waals surface area contributed by atoms with Gasteiger partial charge in [0.05, 0.1) is 17.4 Å². The van der Waals surface area contributed by atoms with Crippen molar-refractivity contribution < 1.29 is 0 Å². The van der Waals surface area contributed by atoms with Gasteiger partial charge in [-0.05, 0) is 18.3 Å². The second-order valence-corrected chi connectivity index (χ2v) is 3.55. The van der Waals surface area contributed by atoms with Crippen LogP contribution < -0.4 is 0 Å². The first kappa shape index (κ1) is 6.24. The van der Waals surface area contributed by atoms with E-state index in [2.05, 4.69) is 18.2 Å². The van der Waals surface area contributed by atoms with Crippen molar-refractivity contribution in [1.29, 1.82) is 5.26 Å². The third-order valence-corrected chi connectivity index (χ3v) is 3.11. The van der Waals surface area contributed by atoms with Crippen LogP contribution in [0.25, 0.3) is 0 Å². The molecule has 1 fully saturated rings. The van der Waals surface area contributed by atoms with Crippen molar-refractivity contribution in [3.05, 3.63) is 12.2 Å². The Balaban J connectivity index is 2.28. The van der Waals surface area contributed by atoms with E-state index in [1.54, 1.807) is 0 Å². The molecule has 2 aliphatic carbocycles. The minimum atomic E-state index is 0.0802. The van der Waals surface area contributed by atoms with Gasteiger partial charge in [-0.3, -0.25) is 0 Å². The molecule has 0 aromatic rings. The van der Waals surface area contributed by atoms with E-state index >= 15 is 0 Å². The number of rotatable bonds is 0. The average molecular weight is 154 g/mol. The molecule has 4 unspecified atom stereocenters. The van der Waals surface area contributed by atoms with Gasteiger partial charge in [0.2, 0.25) is 0 Å². The van der Waals surface area contributed by atoms with E-state index in [0.717, 1.165) is 6.42 Å². The lowest BCUT2D eigenvalue weighted by atomic mass is 9.95. The van der Waals surface area contributed by atoms with E-state index in [4.69, 9.17) is 16.9 Å². The number of hydrogen-bond acceptors (Lipinski definition) is 1. The Morgan fingerprint density at radius 3 is 2.50 bits per heavy atom. The maximum absolute atomic E-state index is 8.69. The van der Waals surface area contributed by atoms with Gasteiger partial charge < -0.3 is 0 Å². The molecule has 0 aromatic carbocycles. The molecule has 4 atom stereocenters. The highest BCUT2D eigenvalue weighted by molar-refractivity contribution is 6.21. The van der Waals surface area contributed by atoms with Crippen molar-refractivity contribution in [2.75, 3.05) is 0 Å². The van der Waals surface area contributed by atoms with Gasteiger partial charge in [-0.1, -0.05) is 12.2 Å². The van der Waals surface area contributed by atoms with Crippen LogP contribution in [-0.4, -0.2) is 5.38 Å². The summed E-state index contributed by atoms with van der Waals surface area (Å²) in [6.45, 7) is 0. The van der Waals surface area contributed by atoms with E-state index < -0.39 is 0 Å². The van der Waals surface area contributed by atoms with Crippen molar-refractivity contribution in [1.82, 2.24) is 0 Å². The quantitative estimate of drug-likeness (QED) is 0.386. The number of fused-ring (bicyclic) bond motifs is 2. The summed E-state index contributed by atoms with van der Waals surface area (Å²) in [5.74, 6) is 1.02. The van der Waals surface area contributed by atoms with Gasteiger partial charge in [0.25, 0.3) is 0 Å². The molecule has 1 saturated carbocycles. The first-order valence-corrected chi connectivity index (χ1v) is 3.98.